The Bertz CT molecular complexity index is 518. The van der Waals surface area contributed by atoms with Crippen LogP contribution in [0, 0.1) is 0 Å². The number of carbonyl (C=O) groups is 1. The molecule has 0 unspecified atom stereocenters. The summed E-state index contributed by atoms with van der Waals surface area (Å²) in [5.74, 6) is 0.208. The number of rotatable bonds is 6. The number of benzene rings is 1. The minimum Gasteiger partial charge on any atom is -0.483 e. The van der Waals surface area contributed by atoms with Crippen LogP contribution in [0.3, 0.4) is 0 Å². The van der Waals surface area contributed by atoms with Crippen LogP contribution in [0.5, 0.6) is 5.75 Å². The zero-order valence-electron chi connectivity index (χ0n) is 11.8. The molecule has 0 aliphatic carbocycles. The highest BCUT2D eigenvalue weighted by Crippen LogP contribution is 2.23. The quantitative estimate of drug-likeness (QED) is 0.792. The van der Waals surface area contributed by atoms with Gasteiger partial charge in [-0.15, -0.1) is 0 Å². The number of carbonyl (C=O) groups excluding carboxylic acids is 1. The lowest BCUT2D eigenvalue weighted by molar-refractivity contribution is -0.124. The molecule has 1 amide bonds. The molecule has 0 aromatic heterocycles. The van der Waals surface area contributed by atoms with E-state index in [2.05, 4.69) is 5.32 Å². The maximum Gasteiger partial charge on any atom is 0.258 e. The van der Waals surface area contributed by atoms with Crippen LogP contribution in [0.15, 0.2) is 18.2 Å². The van der Waals surface area contributed by atoms with Crippen LogP contribution in [0.4, 0.5) is 0 Å². The molecule has 0 aliphatic heterocycles. The molecule has 110 valence electrons. The molecular weight excluding hydrogens is 296 g/mol. The minimum atomic E-state index is -0.263. The van der Waals surface area contributed by atoms with Crippen molar-refractivity contribution in [3.05, 3.63) is 28.8 Å². The van der Waals surface area contributed by atoms with Gasteiger partial charge in [0.15, 0.2) is 6.61 Å². The van der Waals surface area contributed by atoms with Crippen molar-refractivity contribution in [3.63, 3.8) is 0 Å². The average Bonchev–Trinajstić information content (AvgIpc) is 2.35. The number of thiocarbonyl (C=S) groups is 1. The molecule has 1 aromatic carbocycles. The van der Waals surface area contributed by atoms with Gasteiger partial charge in [-0.25, -0.2) is 0 Å². The van der Waals surface area contributed by atoms with Crippen molar-refractivity contribution >= 4 is 34.7 Å². The lowest BCUT2D eigenvalue weighted by atomic mass is 10.0. The molecule has 20 heavy (non-hydrogen) atoms. The molecule has 0 fully saturated rings. The van der Waals surface area contributed by atoms with Crippen molar-refractivity contribution in [2.75, 3.05) is 6.61 Å². The zero-order valence-corrected chi connectivity index (χ0v) is 13.4. The number of nitrogens with two attached hydrogens (primary N) is 1. The Balaban J connectivity index is 2.73. The molecule has 6 heteroatoms. The maximum atomic E-state index is 11.8. The summed E-state index contributed by atoms with van der Waals surface area (Å²) < 4.78 is 5.47. The Morgan fingerprint density at radius 3 is 2.70 bits per heavy atom. The average molecular weight is 315 g/mol. The molecular formula is C14H19ClN2O2S. The highest BCUT2D eigenvalue weighted by atomic mass is 35.5. The normalized spacial score (nSPS) is 11.0. The van der Waals surface area contributed by atoms with Gasteiger partial charge in [-0.3, -0.25) is 4.79 Å². The number of hydrogen-bond acceptors (Lipinski definition) is 3. The summed E-state index contributed by atoms with van der Waals surface area (Å²) in [7, 11) is 0. The number of hydrogen-bond donors (Lipinski definition) is 2. The second-order valence-corrected chi connectivity index (χ2v) is 5.96. The molecule has 0 radical (unpaired) electrons. The van der Waals surface area contributed by atoms with Crippen LogP contribution in [0.25, 0.3) is 0 Å². The van der Waals surface area contributed by atoms with Crippen molar-refractivity contribution in [1.29, 1.82) is 0 Å². The van der Waals surface area contributed by atoms with Crippen LogP contribution in [-0.2, 0) is 4.79 Å². The molecule has 0 heterocycles. The molecule has 4 nitrogen and oxygen atoms in total. The van der Waals surface area contributed by atoms with E-state index in [0.29, 0.717) is 16.3 Å². The van der Waals surface area contributed by atoms with Gasteiger partial charge < -0.3 is 15.8 Å². The predicted octanol–water partition coefficient (Wildman–Crippen LogP) is 2.66. The van der Waals surface area contributed by atoms with Crippen molar-refractivity contribution < 1.29 is 9.53 Å². The first-order valence-corrected chi connectivity index (χ1v) is 7.07. The van der Waals surface area contributed by atoms with E-state index >= 15 is 0 Å². The number of halogens is 1. The first-order chi connectivity index (χ1) is 9.25. The number of nitrogens with one attached hydrogen (secondary N) is 1. The third-order valence-corrected chi connectivity index (χ3v) is 3.38. The SMILES string of the molecule is CCC(C)(C)NC(=O)COc1cc(Cl)ccc1C(N)=S. The maximum absolute atomic E-state index is 11.8. The van der Waals surface area contributed by atoms with Gasteiger partial charge in [0.05, 0.1) is 5.56 Å². The van der Waals surface area contributed by atoms with Crippen molar-refractivity contribution in [2.45, 2.75) is 32.7 Å². The van der Waals surface area contributed by atoms with Crippen molar-refractivity contribution in [2.24, 2.45) is 5.73 Å². The van der Waals surface area contributed by atoms with Gasteiger partial charge in [-0.1, -0.05) is 30.7 Å². The van der Waals surface area contributed by atoms with Gasteiger partial charge in [-0.05, 0) is 38.5 Å². The molecule has 1 rings (SSSR count). The molecule has 0 atom stereocenters. The van der Waals surface area contributed by atoms with E-state index in [4.69, 9.17) is 34.3 Å². The fourth-order valence-corrected chi connectivity index (χ4v) is 1.80. The second-order valence-electron chi connectivity index (χ2n) is 5.08. The fourth-order valence-electron chi connectivity index (χ4n) is 1.46. The first kappa shape index (κ1) is 16.7. The Morgan fingerprint density at radius 1 is 1.50 bits per heavy atom. The van der Waals surface area contributed by atoms with E-state index in [1.54, 1.807) is 18.2 Å². The predicted molar refractivity (Wildman–Crippen MR) is 85.3 cm³/mol. The molecule has 0 spiro atoms. The summed E-state index contributed by atoms with van der Waals surface area (Å²) >= 11 is 10.8. The third kappa shape index (κ3) is 4.98. The summed E-state index contributed by atoms with van der Waals surface area (Å²) in [6, 6.07) is 4.94. The number of amides is 1. The van der Waals surface area contributed by atoms with Gasteiger partial charge in [0.25, 0.3) is 5.91 Å². The summed E-state index contributed by atoms with van der Waals surface area (Å²) in [5, 5.41) is 3.37. The van der Waals surface area contributed by atoms with E-state index in [1.807, 2.05) is 20.8 Å². The lowest BCUT2D eigenvalue weighted by Gasteiger charge is -2.24. The minimum absolute atomic E-state index is 0.112. The first-order valence-electron chi connectivity index (χ1n) is 6.28. The Kier molecular flexibility index (Phi) is 5.77. The van der Waals surface area contributed by atoms with Crippen molar-refractivity contribution in [1.82, 2.24) is 5.32 Å². The molecule has 0 aliphatic rings. The largest absolute Gasteiger partial charge is 0.483 e. The van der Waals surface area contributed by atoms with Crippen LogP contribution in [0.2, 0.25) is 5.02 Å². The van der Waals surface area contributed by atoms with Gasteiger partial charge >= 0.3 is 0 Å². The van der Waals surface area contributed by atoms with E-state index in [1.165, 1.54) is 0 Å². The Hall–Kier alpha value is -1.33. The summed E-state index contributed by atoms with van der Waals surface area (Å²) in [4.78, 5) is 12.0. The van der Waals surface area contributed by atoms with Crippen LogP contribution >= 0.6 is 23.8 Å². The highest BCUT2D eigenvalue weighted by molar-refractivity contribution is 7.80. The van der Waals surface area contributed by atoms with Gasteiger partial charge in [0.2, 0.25) is 0 Å². The van der Waals surface area contributed by atoms with Crippen LogP contribution < -0.4 is 15.8 Å². The summed E-state index contributed by atoms with van der Waals surface area (Å²) in [5.41, 5.74) is 5.90. The standard InChI is InChI=1S/C14H19ClN2O2S/c1-4-14(2,3)17-12(18)8-19-11-7-9(15)5-6-10(11)13(16)20/h5-7H,4,8H2,1-3H3,(H2,16,20)(H,17,18). The van der Waals surface area contributed by atoms with Gasteiger partial charge in [0.1, 0.15) is 10.7 Å². The molecule has 1 aromatic rings. The van der Waals surface area contributed by atoms with Gasteiger partial charge in [0, 0.05) is 10.6 Å². The highest BCUT2D eigenvalue weighted by Gasteiger charge is 2.18. The smallest absolute Gasteiger partial charge is 0.258 e. The third-order valence-electron chi connectivity index (χ3n) is 2.93. The summed E-state index contributed by atoms with van der Waals surface area (Å²) in [6.07, 6.45) is 0.827. The van der Waals surface area contributed by atoms with Crippen LogP contribution in [-0.4, -0.2) is 23.0 Å². The topological polar surface area (TPSA) is 64.3 Å². The van der Waals surface area contributed by atoms with Crippen molar-refractivity contribution in [3.8, 4) is 5.75 Å². The van der Waals surface area contributed by atoms with E-state index in [0.717, 1.165) is 6.42 Å². The Morgan fingerprint density at radius 2 is 2.15 bits per heavy atom. The van der Waals surface area contributed by atoms with E-state index < -0.39 is 0 Å². The number of ether oxygens (including phenoxy) is 1. The Labute approximate surface area is 129 Å². The molecule has 0 bridgehead atoms. The molecule has 3 N–H and O–H groups in total. The van der Waals surface area contributed by atoms with E-state index in [-0.39, 0.29) is 23.0 Å². The monoisotopic (exact) mass is 314 g/mol. The summed E-state index contributed by atoms with van der Waals surface area (Å²) in [6.45, 7) is 5.79. The molecule has 0 saturated carbocycles. The fraction of sp³-hybridized carbons (Fsp3) is 0.429. The second kappa shape index (κ2) is 6.90. The van der Waals surface area contributed by atoms with Crippen LogP contribution in [0.1, 0.15) is 32.8 Å². The van der Waals surface area contributed by atoms with Gasteiger partial charge in [-0.2, -0.15) is 0 Å². The molecule has 0 saturated heterocycles. The zero-order chi connectivity index (χ0) is 15.3. The lowest BCUT2D eigenvalue weighted by Crippen LogP contribution is -2.45. The van der Waals surface area contributed by atoms with E-state index in [9.17, 15) is 4.79 Å².